The van der Waals surface area contributed by atoms with E-state index in [0.29, 0.717) is 0 Å². The van der Waals surface area contributed by atoms with Crippen molar-refractivity contribution in [3.8, 4) is 0 Å². The maximum atomic E-state index is 11.4. The Bertz CT molecular complexity index is 598. The average molecular weight is 347 g/mol. The molecule has 18 heavy (non-hydrogen) atoms. The van der Waals surface area contributed by atoms with Crippen LogP contribution in [-0.4, -0.2) is 36.4 Å². The van der Waals surface area contributed by atoms with Crippen LogP contribution in [0, 0.1) is 0 Å². The maximum absolute atomic E-state index is 11.4. The van der Waals surface area contributed by atoms with Crippen LogP contribution in [0.3, 0.4) is 0 Å². The molecule has 2 aliphatic heterocycles. The topological polar surface area (TPSA) is 58.5 Å². The lowest BCUT2D eigenvalue weighted by molar-refractivity contribution is 0.601. The highest BCUT2D eigenvalue weighted by Crippen LogP contribution is 2.34. The van der Waals surface area contributed by atoms with Crippen LogP contribution in [0.25, 0.3) is 0 Å². The Balaban J connectivity index is 1.71. The highest BCUT2D eigenvalue weighted by atomic mass is 79.9. The van der Waals surface area contributed by atoms with Gasteiger partial charge in [0.05, 0.1) is 17.5 Å². The minimum Gasteiger partial charge on any atom is -0.335 e. The van der Waals surface area contributed by atoms with Gasteiger partial charge < -0.3 is 5.32 Å². The van der Waals surface area contributed by atoms with Gasteiger partial charge in [-0.25, -0.2) is 8.42 Å². The summed E-state index contributed by atoms with van der Waals surface area (Å²) < 4.78 is 23.9. The quantitative estimate of drug-likeness (QED) is 0.846. The van der Waals surface area contributed by atoms with Crippen molar-refractivity contribution >= 4 is 48.4 Å². The van der Waals surface area contributed by atoms with E-state index >= 15 is 0 Å². The predicted octanol–water partition coefficient (Wildman–Crippen LogP) is 2.13. The molecule has 1 saturated heterocycles. The van der Waals surface area contributed by atoms with Crippen LogP contribution < -0.4 is 5.32 Å². The molecule has 0 bridgehead atoms. The van der Waals surface area contributed by atoms with Gasteiger partial charge in [0.25, 0.3) is 0 Å². The van der Waals surface area contributed by atoms with E-state index in [1.165, 1.54) is 11.8 Å². The molecule has 2 aliphatic rings. The lowest BCUT2D eigenvalue weighted by Gasteiger charge is -2.06. The van der Waals surface area contributed by atoms with Gasteiger partial charge in [-0.1, -0.05) is 27.7 Å². The van der Waals surface area contributed by atoms with Crippen molar-refractivity contribution in [3.05, 3.63) is 28.7 Å². The summed E-state index contributed by atoms with van der Waals surface area (Å²) in [6.45, 7) is 0. The third-order valence-electron chi connectivity index (χ3n) is 2.91. The average Bonchev–Trinajstić information content (AvgIpc) is 2.74. The van der Waals surface area contributed by atoms with Crippen LogP contribution in [0.1, 0.15) is 0 Å². The molecule has 96 valence electrons. The zero-order chi connectivity index (χ0) is 12.8. The summed E-state index contributed by atoms with van der Waals surface area (Å²) in [7, 11) is -2.87. The molecular formula is C11H11BrN2O2S2. The number of nitrogens with one attached hydrogen (secondary N) is 1. The van der Waals surface area contributed by atoms with Crippen LogP contribution >= 0.6 is 27.7 Å². The summed E-state index contributed by atoms with van der Waals surface area (Å²) in [5, 5.41) is 4.13. The fourth-order valence-electron chi connectivity index (χ4n) is 2.07. The van der Waals surface area contributed by atoms with Gasteiger partial charge in [-0.15, -0.1) is 0 Å². The monoisotopic (exact) mass is 346 g/mol. The molecule has 0 amide bonds. The van der Waals surface area contributed by atoms with Crippen LogP contribution in [0.2, 0.25) is 0 Å². The summed E-state index contributed by atoms with van der Waals surface area (Å²) in [5.41, 5.74) is 0.965. The van der Waals surface area contributed by atoms with E-state index in [1.54, 1.807) is 0 Å². The number of aliphatic imine (C=N–C) groups is 1. The summed E-state index contributed by atoms with van der Waals surface area (Å²) in [5.74, 6) is 0.438. The second kappa shape index (κ2) is 4.54. The third kappa shape index (κ3) is 2.57. The summed E-state index contributed by atoms with van der Waals surface area (Å²) in [6.07, 6.45) is 0. The molecule has 2 heterocycles. The minimum atomic E-state index is -2.87. The molecule has 1 aromatic rings. The predicted molar refractivity (Wildman–Crippen MR) is 79.0 cm³/mol. The van der Waals surface area contributed by atoms with Crippen molar-refractivity contribution < 1.29 is 8.42 Å². The van der Waals surface area contributed by atoms with E-state index in [2.05, 4.69) is 26.2 Å². The zero-order valence-electron chi connectivity index (χ0n) is 9.34. The molecular weight excluding hydrogens is 336 g/mol. The normalized spacial score (nSPS) is 28.8. The molecule has 1 aromatic carbocycles. The number of anilines is 1. The molecule has 0 spiro atoms. The first kappa shape index (κ1) is 12.5. The number of hydrogen-bond donors (Lipinski definition) is 1. The van der Waals surface area contributed by atoms with Crippen molar-refractivity contribution in [3.63, 3.8) is 0 Å². The number of rotatable bonds is 1. The lowest BCUT2D eigenvalue weighted by Crippen LogP contribution is -2.13. The molecule has 4 nitrogen and oxygen atoms in total. The van der Waals surface area contributed by atoms with Crippen LogP contribution in [0.5, 0.6) is 0 Å². The summed E-state index contributed by atoms with van der Waals surface area (Å²) in [6, 6.07) is 7.75. The molecule has 2 atom stereocenters. The van der Waals surface area contributed by atoms with E-state index in [1.807, 2.05) is 24.3 Å². The molecule has 0 saturated carbocycles. The molecule has 0 aromatic heterocycles. The number of hydrogen-bond acceptors (Lipinski definition) is 5. The van der Waals surface area contributed by atoms with Gasteiger partial charge in [0.15, 0.2) is 15.0 Å². The lowest BCUT2D eigenvalue weighted by atomic mass is 10.3. The Kier molecular flexibility index (Phi) is 3.15. The summed E-state index contributed by atoms with van der Waals surface area (Å²) in [4.78, 5) is 4.44. The molecule has 1 N–H and O–H groups in total. The molecule has 1 fully saturated rings. The number of nitrogens with zero attached hydrogens (tertiary/aromatic N) is 1. The Morgan fingerprint density at radius 1 is 1.28 bits per heavy atom. The number of thioether (sulfide) groups is 1. The fraction of sp³-hybridized carbons (Fsp3) is 0.364. The van der Waals surface area contributed by atoms with E-state index in [-0.39, 0.29) is 22.8 Å². The SMILES string of the molecule is O=S1(=O)CC2N=C(Nc3ccc(Br)cc3)SC2C1. The number of fused-ring (bicyclic) bond motifs is 1. The largest absolute Gasteiger partial charge is 0.335 e. The second-order valence-electron chi connectivity index (χ2n) is 4.37. The van der Waals surface area contributed by atoms with Crippen LogP contribution in [0.4, 0.5) is 5.69 Å². The van der Waals surface area contributed by atoms with Crippen LogP contribution in [0.15, 0.2) is 33.7 Å². The first-order valence-electron chi connectivity index (χ1n) is 5.49. The smallest absolute Gasteiger partial charge is 0.161 e. The standard InChI is InChI=1S/C11H11BrN2O2S2/c12-7-1-3-8(4-2-7)13-11-14-9-5-18(15,16)6-10(9)17-11/h1-4,9-10H,5-6H2,(H,13,14). The third-order valence-corrected chi connectivity index (χ3v) is 6.58. The van der Waals surface area contributed by atoms with E-state index in [0.717, 1.165) is 15.3 Å². The van der Waals surface area contributed by atoms with Gasteiger partial charge in [-0.05, 0) is 24.3 Å². The van der Waals surface area contributed by atoms with Gasteiger partial charge >= 0.3 is 0 Å². The molecule has 0 aliphatic carbocycles. The Morgan fingerprint density at radius 2 is 2.00 bits per heavy atom. The van der Waals surface area contributed by atoms with E-state index < -0.39 is 9.84 Å². The highest BCUT2D eigenvalue weighted by Gasteiger charge is 2.42. The van der Waals surface area contributed by atoms with Crippen molar-refractivity contribution in [1.82, 2.24) is 0 Å². The molecule has 0 radical (unpaired) electrons. The highest BCUT2D eigenvalue weighted by molar-refractivity contribution is 9.10. The summed E-state index contributed by atoms with van der Waals surface area (Å²) >= 11 is 4.91. The Hall–Kier alpha value is -0.530. The molecule has 7 heteroatoms. The van der Waals surface area contributed by atoms with E-state index in [4.69, 9.17) is 0 Å². The zero-order valence-corrected chi connectivity index (χ0v) is 12.6. The van der Waals surface area contributed by atoms with Crippen molar-refractivity contribution in [1.29, 1.82) is 0 Å². The molecule has 2 unspecified atom stereocenters. The number of amidine groups is 1. The Labute approximate surface area is 118 Å². The van der Waals surface area contributed by atoms with Crippen LogP contribution in [-0.2, 0) is 9.84 Å². The van der Waals surface area contributed by atoms with Gasteiger partial charge in [-0.2, -0.15) is 0 Å². The first-order chi connectivity index (χ1) is 8.52. The van der Waals surface area contributed by atoms with Gasteiger partial charge in [0.2, 0.25) is 0 Å². The first-order valence-corrected chi connectivity index (χ1v) is 8.99. The Morgan fingerprint density at radius 3 is 2.67 bits per heavy atom. The maximum Gasteiger partial charge on any atom is 0.161 e. The van der Waals surface area contributed by atoms with Gasteiger partial charge in [0.1, 0.15) is 0 Å². The van der Waals surface area contributed by atoms with E-state index in [9.17, 15) is 8.42 Å². The van der Waals surface area contributed by atoms with Crippen molar-refractivity contribution in [2.24, 2.45) is 4.99 Å². The number of sulfone groups is 1. The second-order valence-corrected chi connectivity index (χ2v) is 8.66. The number of halogens is 1. The van der Waals surface area contributed by atoms with Crippen molar-refractivity contribution in [2.75, 3.05) is 16.8 Å². The molecule has 3 rings (SSSR count). The van der Waals surface area contributed by atoms with Gasteiger partial charge in [-0.3, -0.25) is 4.99 Å². The number of benzene rings is 1. The fourth-order valence-corrected chi connectivity index (χ4v) is 6.01. The van der Waals surface area contributed by atoms with Crippen molar-refractivity contribution in [2.45, 2.75) is 11.3 Å². The minimum absolute atomic E-state index is 0.0713. The van der Waals surface area contributed by atoms with Gasteiger partial charge in [0, 0.05) is 15.4 Å².